The van der Waals surface area contributed by atoms with Crippen LogP contribution in [0.5, 0.6) is 0 Å². The second-order valence-corrected chi connectivity index (χ2v) is 5.14. The first-order chi connectivity index (χ1) is 7.71. The van der Waals surface area contributed by atoms with Gasteiger partial charge in [-0.15, -0.1) is 0 Å². The highest BCUT2D eigenvalue weighted by Gasteiger charge is 2.33. The number of rotatable bonds is 4. The van der Waals surface area contributed by atoms with Gasteiger partial charge in [-0.3, -0.25) is 5.10 Å². The summed E-state index contributed by atoms with van der Waals surface area (Å²) in [5, 5.41) is 16.0. The zero-order valence-electron chi connectivity index (χ0n) is 9.70. The Labute approximate surface area is 101 Å². The molecule has 5 heteroatoms. The molecule has 0 aliphatic heterocycles. The lowest BCUT2D eigenvalue weighted by Gasteiger charge is -2.28. The Morgan fingerprint density at radius 2 is 2.19 bits per heavy atom. The van der Waals surface area contributed by atoms with E-state index in [0.29, 0.717) is 16.0 Å². The summed E-state index contributed by atoms with van der Waals surface area (Å²) in [6, 6.07) is 0. The van der Waals surface area contributed by atoms with E-state index in [-0.39, 0.29) is 6.61 Å². The van der Waals surface area contributed by atoms with Crippen LogP contribution in [0.2, 0.25) is 0 Å². The summed E-state index contributed by atoms with van der Waals surface area (Å²) in [4.78, 5) is 0. The van der Waals surface area contributed by atoms with Gasteiger partial charge in [-0.1, -0.05) is 19.8 Å². The molecular formula is C11H19N3OS. The van der Waals surface area contributed by atoms with Crippen molar-refractivity contribution in [2.24, 2.45) is 5.41 Å². The molecule has 0 spiro atoms. The lowest BCUT2D eigenvalue weighted by atomic mass is 9.83. The molecule has 0 amide bonds. The van der Waals surface area contributed by atoms with Gasteiger partial charge >= 0.3 is 0 Å². The smallest absolute Gasteiger partial charge is 0.195 e. The van der Waals surface area contributed by atoms with Crippen LogP contribution in [-0.4, -0.2) is 19.9 Å². The first-order valence-corrected chi connectivity index (χ1v) is 6.36. The molecule has 2 N–H and O–H groups in total. The van der Waals surface area contributed by atoms with Gasteiger partial charge < -0.3 is 9.67 Å². The van der Waals surface area contributed by atoms with Crippen molar-refractivity contribution >= 4 is 12.2 Å². The van der Waals surface area contributed by atoms with Gasteiger partial charge in [-0.2, -0.15) is 5.10 Å². The number of aliphatic hydroxyl groups is 1. The Morgan fingerprint density at radius 3 is 2.75 bits per heavy atom. The molecule has 1 aliphatic carbocycles. The molecule has 4 nitrogen and oxygen atoms in total. The van der Waals surface area contributed by atoms with Crippen molar-refractivity contribution in [3.8, 4) is 0 Å². The van der Waals surface area contributed by atoms with E-state index in [0.717, 1.165) is 6.54 Å². The maximum atomic E-state index is 9.21. The third-order valence-corrected chi connectivity index (χ3v) is 4.20. The normalized spacial score (nSPS) is 19.1. The van der Waals surface area contributed by atoms with Crippen LogP contribution in [0.25, 0.3) is 0 Å². The van der Waals surface area contributed by atoms with E-state index in [2.05, 4.69) is 17.1 Å². The van der Waals surface area contributed by atoms with Crippen molar-refractivity contribution in [1.82, 2.24) is 14.8 Å². The van der Waals surface area contributed by atoms with E-state index in [1.54, 1.807) is 0 Å². The standard InChI is InChI=1S/C11H19N3OS/c1-2-11(5-3-4-6-11)8-14-9(7-15)12-13-10(14)16/h15H,2-8H2,1H3,(H,13,16). The number of nitrogens with one attached hydrogen (secondary N) is 1. The fourth-order valence-corrected chi connectivity index (χ4v) is 2.93. The molecule has 0 radical (unpaired) electrons. The van der Waals surface area contributed by atoms with Crippen molar-refractivity contribution in [3.05, 3.63) is 10.6 Å². The fourth-order valence-electron chi connectivity index (χ4n) is 2.72. The summed E-state index contributed by atoms with van der Waals surface area (Å²) in [6.45, 7) is 3.09. The van der Waals surface area contributed by atoms with Gasteiger partial charge in [0.15, 0.2) is 10.6 Å². The van der Waals surface area contributed by atoms with E-state index in [9.17, 15) is 5.11 Å². The molecule has 0 unspecified atom stereocenters. The molecule has 1 saturated carbocycles. The quantitative estimate of drug-likeness (QED) is 0.796. The fraction of sp³-hybridized carbons (Fsp3) is 0.818. The van der Waals surface area contributed by atoms with Crippen molar-refractivity contribution in [1.29, 1.82) is 0 Å². The second kappa shape index (κ2) is 4.67. The zero-order valence-corrected chi connectivity index (χ0v) is 10.5. The predicted molar refractivity (Wildman–Crippen MR) is 64.5 cm³/mol. The molecule has 2 rings (SSSR count). The van der Waals surface area contributed by atoms with E-state index in [1.165, 1.54) is 32.1 Å². The summed E-state index contributed by atoms with van der Waals surface area (Å²) in [7, 11) is 0. The first-order valence-electron chi connectivity index (χ1n) is 5.96. The van der Waals surface area contributed by atoms with Crippen LogP contribution in [0.3, 0.4) is 0 Å². The minimum Gasteiger partial charge on any atom is -0.388 e. The number of hydrogen-bond donors (Lipinski definition) is 2. The highest BCUT2D eigenvalue weighted by molar-refractivity contribution is 7.71. The molecule has 0 bridgehead atoms. The predicted octanol–water partition coefficient (Wildman–Crippen LogP) is 2.40. The Balaban J connectivity index is 2.24. The molecule has 16 heavy (non-hydrogen) atoms. The number of aromatic nitrogens is 3. The molecule has 1 aromatic heterocycles. The van der Waals surface area contributed by atoms with E-state index < -0.39 is 0 Å². The van der Waals surface area contributed by atoms with E-state index >= 15 is 0 Å². The average molecular weight is 241 g/mol. The summed E-state index contributed by atoms with van der Waals surface area (Å²) in [5.74, 6) is 0.657. The molecule has 1 aromatic rings. The van der Waals surface area contributed by atoms with Gasteiger partial charge in [0.25, 0.3) is 0 Å². The molecule has 1 heterocycles. The number of H-pyrrole nitrogens is 1. The largest absolute Gasteiger partial charge is 0.388 e. The molecule has 90 valence electrons. The molecule has 0 aromatic carbocycles. The van der Waals surface area contributed by atoms with Gasteiger partial charge in [0.2, 0.25) is 0 Å². The highest BCUT2D eigenvalue weighted by Crippen LogP contribution is 2.42. The van der Waals surface area contributed by atoms with Gasteiger partial charge in [0.1, 0.15) is 6.61 Å². The van der Waals surface area contributed by atoms with Crippen LogP contribution in [0.15, 0.2) is 0 Å². The Hall–Kier alpha value is -0.680. The molecule has 1 aliphatic rings. The first kappa shape index (κ1) is 11.8. The third kappa shape index (κ3) is 2.06. The maximum Gasteiger partial charge on any atom is 0.195 e. The van der Waals surface area contributed by atoms with E-state index in [1.807, 2.05) is 4.57 Å². The molecule has 0 atom stereocenters. The van der Waals surface area contributed by atoms with Crippen molar-refractivity contribution < 1.29 is 5.11 Å². The lowest BCUT2D eigenvalue weighted by molar-refractivity contribution is 0.216. The van der Waals surface area contributed by atoms with E-state index in [4.69, 9.17) is 12.2 Å². The average Bonchev–Trinajstić information content (AvgIpc) is 2.89. The zero-order chi connectivity index (χ0) is 11.6. The number of hydrogen-bond acceptors (Lipinski definition) is 3. The van der Waals surface area contributed by atoms with Crippen LogP contribution in [-0.2, 0) is 13.2 Å². The minimum atomic E-state index is -0.0487. The van der Waals surface area contributed by atoms with Crippen LogP contribution >= 0.6 is 12.2 Å². The Morgan fingerprint density at radius 1 is 1.50 bits per heavy atom. The SMILES string of the molecule is CCC1(Cn2c(CO)n[nH]c2=S)CCCC1. The summed E-state index contributed by atoms with van der Waals surface area (Å²) < 4.78 is 2.59. The van der Waals surface area contributed by atoms with Crippen LogP contribution < -0.4 is 0 Å². The minimum absolute atomic E-state index is 0.0487. The summed E-state index contributed by atoms with van der Waals surface area (Å²) in [6.07, 6.45) is 6.33. The van der Waals surface area contributed by atoms with Gasteiger partial charge in [-0.25, -0.2) is 0 Å². The number of aliphatic hydroxyl groups excluding tert-OH is 1. The highest BCUT2D eigenvalue weighted by atomic mass is 32.1. The monoisotopic (exact) mass is 241 g/mol. The van der Waals surface area contributed by atoms with Crippen LogP contribution in [0.1, 0.15) is 44.9 Å². The maximum absolute atomic E-state index is 9.21. The van der Waals surface area contributed by atoms with Crippen molar-refractivity contribution in [2.45, 2.75) is 52.2 Å². The third-order valence-electron chi connectivity index (χ3n) is 3.89. The van der Waals surface area contributed by atoms with Crippen molar-refractivity contribution in [3.63, 3.8) is 0 Å². The van der Waals surface area contributed by atoms with Crippen molar-refractivity contribution in [2.75, 3.05) is 0 Å². The molecular weight excluding hydrogens is 222 g/mol. The van der Waals surface area contributed by atoms with Gasteiger partial charge in [-0.05, 0) is 36.9 Å². The summed E-state index contributed by atoms with van der Waals surface area (Å²) >= 11 is 5.21. The molecule has 1 fully saturated rings. The van der Waals surface area contributed by atoms with Crippen LogP contribution in [0, 0.1) is 10.2 Å². The van der Waals surface area contributed by atoms with Gasteiger partial charge in [0, 0.05) is 6.54 Å². The number of aromatic amines is 1. The number of nitrogens with zero attached hydrogens (tertiary/aromatic N) is 2. The Kier molecular flexibility index (Phi) is 3.44. The second-order valence-electron chi connectivity index (χ2n) is 4.75. The summed E-state index contributed by atoms with van der Waals surface area (Å²) in [5.41, 5.74) is 0.367. The lowest BCUT2D eigenvalue weighted by Crippen LogP contribution is -2.24. The molecule has 0 saturated heterocycles. The Bertz CT molecular complexity index is 404. The van der Waals surface area contributed by atoms with Gasteiger partial charge in [0.05, 0.1) is 0 Å². The van der Waals surface area contributed by atoms with Crippen LogP contribution in [0.4, 0.5) is 0 Å². The topological polar surface area (TPSA) is 53.8 Å².